The van der Waals surface area contributed by atoms with E-state index in [4.69, 9.17) is 17.0 Å². The number of carbonyl (C=O) groups excluding carboxylic acids is 2. The molecule has 1 fully saturated rings. The molecular weight excluding hydrogens is 468 g/mol. The van der Waals surface area contributed by atoms with E-state index >= 15 is 0 Å². The molecule has 0 bridgehead atoms. The highest BCUT2D eigenvalue weighted by Gasteiger charge is 2.20. The van der Waals surface area contributed by atoms with Crippen molar-refractivity contribution < 1.29 is 14.3 Å². The standard InChI is InChI=1S/C21H23BrN4O3S/c1-25-8-10-26(11-9-25)20(28)15-4-3-5-16(12-15)23-21(30)24-19(27)14-6-7-18(29-2)17(22)13-14/h3-7,12-13H,8-11H2,1-2H3,(H2,23,24,27,30). The number of amides is 2. The van der Waals surface area contributed by atoms with Crippen LogP contribution in [0, 0.1) is 0 Å². The predicted molar refractivity (Wildman–Crippen MR) is 124 cm³/mol. The van der Waals surface area contributed by atoms with Crippen LogP contribution < -0.4 is 15.4 Å². The van der Waals surface area contributed by atoms with Gasteiger partial charge in [-0.25, -0.2) is 0 Å². The normalized spacial score (nSPS) is 14.2. The lowest BCUT2D eigenvalue weighted by Gasteiger charge is -2.32. The van der Waals surface area contributed by atoms with Gasteiger partial charge in [0.1, 0.15) is 5.75 Å². The smallest absolute Gasteiger partial charge is 0.257 e. The number of halogens is 1. The van der Waals surface area contributed by atoms with Gasteiger partial charge in [0.25, 0.3) is 11.8 Å². The zero-order valence-corrected chi connectivity index (χ0v) is 19.2. The van der Waals surface area contributed by atoms with Gasteiger partial charge in [-0.2, -0.15) is 0 Å². The molecule has 0 aromatic heterocycles. The summed E-state index contributed by atoms with van der Waals surface area (Å²) in [6.45, 7) is 3.14. The van der Waals surface area contributed by atoms with Crippen LogP contribution >= 0.6 is 28.1 Å². The van der Waals surface area contributed by atoms with Crippen molar-refractivity contribution in [3.05, 3.63) is 58.1 Å². The largest absolute Gasteiger partial charge is 0.496 e. The van der Waals surface area contributed by atoms with Gasteiger partial charge in [0, 0.05) is 43.0 Å². The third-order valence-corrected chi connectivity index (χ3v) is 5.62. The Bertz CT molecular complexity index is 961. The highest BCUT2D eigenvalue weighted by Crippen LogP contribution is 2.25. The number of hydrogen-bond acceptors (Lipinski definition) is 5. The van der Waals surface area contributed by atoms with Crippen molar-refractivity contribution in [3.63, 3.8) is 0 Å². The van der Waals surface area contributed by atoms with Gasteiger partial charge in [-0.05, 0) is 71.6 Å². The number of methoxy groups -OCH3 is 1. The summed E-state index contributed by atoms with van der Waals surface area (Å²) < 4.78 is 5.84. The van der Waals surface area contributed by atoms with Crippen LogP contribution in [0.3, 0.4) is 0 Å². The average Bonchev–Trinajstić information content (AvgIpc) is 2.73. The number of ether oxygens (including phenoxy) is 1. The number of anilines is 1. The van der Waals surface area contributed by atoms with Crippen molar-refractivity contribution in [2.45, 2.75) is 0 Å². The van der Waals surface area contributed by atoms with Crippen LogP contribution in [0.15, 0.2) is 46.9 Å². The highest BCUT2D eigenvalue weighted by molar-refractivity contribution is 9.10. The Balaban J connectivity index is 1.61. The molecule has 9 heteroatoms. The molecule has 2 amide bonds. The van der Waals surface area contributed by atoms with Crippen molar-refractivity contribution in [1.82, 2.24) is 15.1 Å². The van der Waals surface area contributed by atoms with E-state index in [1.54, 1.807) is 49.6 Å². The van der Waals surface area contributed by atoms with Crippen LogP contribution in [0.25, 0.3) is 0 Å². The van der Waals surface area contributed by atoms with Gasteiger partial charge in [-0.3, -0.25) is 14.9 Å². The maximum absolute atomic E-state index is 12.8. The number of carbonyl (C=O) groups is 2. The molecule has 0 unspecified atom stereocenters. The first-order chi connectivity index (χ1) is 14.4. The van der Waals surface area contributed by atoms with E-state index < -0.39 is 0 Å². The molecule has 3 rings (SSSR count). The SMILES string of the molecule is COc1ccc(C(=O)NC(=S)Nc2cccc(C(=O)N3CCN(C)CC3)c2)cc1Br. The van der Waals surface area contributed by atoms with Crippen LogP contribution in [0.2, 0.25) is 0 Å². The number of nitrogens with zero attached hydrogens (tertiary/aromatic N) is 2. The topological polar surface area (TPSA) is 73.9 Å². The molecule has 0 saturated carbocycles. The molecular formula is C21H23BrN4O3S. The molecule has 2 aromatic rings. The molecule has 1 aliphatic rings. The second-order valence-corrected chi connectivity index (χ2v) is 8.20. The minimum atomic E-state index is -0.347. The molecule has 158 valence electrons. The van der Waals surface area contributed by atoms with E-state index in [2.05, 4.69) is 31.5 Å². The fraction of sp³-hybridized carbons (Fsp3) is 0.286. The number of piperazine rings is 1. The highest BCUT2D eigenvalue weighted by atomic mass is 79.9. The van der Waals surface area contributed by atoms with Crippen LogP contribution in [-0.2, 0) is 0 Å². The molecule has 7 nitrogen and oxygen atoms in total. The van der Waals surface area contributed by atoms with Gasteiger partial charge in [0.2, 0.25) is 0 Å². The van der Waals surface area contributed by atoms with Gasteiger partial charge in [-0.1, -0.05) is 6.07 Å². The van der Waals surface area contributed by atoms with E-state index in [-0.39, 0.29) is 16.9 Å². The molecule has 0 radical (unpaired) electrons. The van der Waals surface area contributed by atoms with Crippen LogP contribution in [0.1, 0.15) is 20.7 Å². The lowest BCUT2D eigenvalue weighted by molar-refractivity contribution is 0.0664. The quantitative estimate of drug-likeness (QED) is 0.641. The molecule has 1 aliphatic heterocycles. The molecule has 0 aliphatic carbocycles. The zero-order chi connectivity index (χ0) is 21.7. The van der Waals surface area contributed by atoms with Crippen LogP contribution in [0.4, 0.5) is 5.69 Å². The Labute approximate surface area is 189 Å². The summed E-state index contributed by atoms with van der Waals surface area (Å²) in [5.74, 6) is 0.277. The average molecular weight is 491 g/mol. The van der Waals surface area contributed by atoms with Gasteiger partial charge in [0.15, 0.2) is 5.11 Å². The Morgan fingerprint density at radius 2 is 1.80 bits per heavy atom. The zero-order valence-electron chi connectivity index (χ0n) is 16.8. The van der Waals surface area contributed by atoms with Crippen molar-refractivity contribution >= 4 is 50.8 Å². The second kappa shape index (κ2) is 10.0. The number of nitrogens with one attached hydrogen (secondary N) is 2. The fourth-order valence-electron chi connectivity index (χ4n) is 3.07. The van der Waals surface area contributed by atoms with Gasteiger partial charge in [-0.15, -0.1) is 0 Å². The van der Waals surface area contributed by atoms with Crippen molar-refractivity contribution in [2.24, 2.45) is 0 Å². The Hall–Kier alpha value is -2.49. The number of benzene rings is 2. The Morgan fingerprint density at radius 1 is 1.07 bits per heavy atom. The van der Waals surface area contributed by atoms with Gasteiger partial charge in [0.05, 0.1) is 11.6 Å². The first-order valence-electron chi connectivity index (χ1n) is 9.41. The number of hydrogen-bond donors (Lipinski definition) is 2. The number of likely N-dealkylation sites (N-methyl/N-ethyl adjacent to an activating group) is 1. The molecule has 0 atom stereocenters. The van der Waals surface area contributed by atoms with E-state index in [1.807, 2.05) is 11.9 Å². The van der Waals surface area contributed by atoms with E-state index in [0.29, 0.717) is 40.1 Å². The van der Waals surface area contributed by atoms with E-state index in [0.717, 1.165) is 13.1 Å². The molecule has 30 heavy (non-hydrogen) atoms. The maximum atomic E-state index is 12.8. The summed E-state index contributed by atoms with van der Waals surface area (Å²) in [5.41, 5.74) is 1.65. The Morgan fingerprint density at radius 3 is 2.47 bits per heavy atom. The molecule has 0 spiro atoms. The monoisotopic (exact) mass is 490 g/mol. The lowest BCUT2D eigenvalue weighted by Crippen LogP contribution is -2.47. The second-order valence-electron chi connectivity index (χ2n) is 6.93. The van der Waals surface area contributed by atoms with Crippen molar-refractivity contribution in [1.29, 1.82) is 0 Å². The first-order valence-corrected chi connectivity index (χ1v) is 10.6. The maximum Gasteiger partial charge on any atom is 0.257 e. The third kappa shape index (κ3) is 5.56. The summed E-state index contributed by atoms with van der Waals surface area (Å²) in [7, 11) is 3.60. The summed E-state index contributed by atoms with van der Waals surface area (Å²) in [6, 6.07) is 12.1. The summed E-state index contributed by atoms with van der Waals surface area (Å²) >= 11 is 8.62. The summed E-state index contributed by atoms with van der Waals surface area (Å²) in [5, 5.41) is 5.76. The van der Waals surface area contributed by atoms with Crippen molar-refractivity contribution in [3.8, 4) is 5.75 Å². The fourth-order valence-corrected chi connectivity index (χ4v) is 3.82. The minimum Gasteiger partial charge on any atom is -0.496 e. The van der Waals surface area contributed by atoms with Crippen molar-refractivity contribution in [2.75, 3.05) is 45.7 Å². The predicted octanol–water partition coefficient (Wildman–Crippen LogP) is 2.97. The van der Waals surface area contributed by atoms with Crippen LogP contribution in [0.5, 0.6) is 5.75 Å². The molecule has 1 heterocycles. The number of thiocarbonyl (C=S) groups is 1. The van der Waals surface area contributed by atoms with E-state index in [9.17, 15) is 9.59 Å². The molecule has 2 aromatic carbocycles. The minimum absolute atomic E-state index is 0.00946. The summed E-state index contributed by atoms with van der Waals surface area (Å²) in [6.07, 6.45) is 0. The lowest BCUT2D eigenvalue weighted by atomic mass is 10.1. The third-order valence-electron chi connectivity index (χ3n) is 4.80. The van der Waals surface area contributed by atoms with Gasteiger partial charge < -0.3 is 19.9 Å². The van der Waals surface area contributed by atoms with E-state index in [1.165, 1.54) is 0 Å². The Kier molecular flexibility index (Phi) is 7.41. The number of rotatable bonds is 4. The molecule has 2 N–H and O–H groups in total. The summed E-state index contributed by atoms with van der Waals surface area (Å²) in [4.78, 5) is 29.2. The van der Waals surface area contributed by atoms with Gasteiger partial charge >= 0.3 is 0 Å². The first kappa shape index (κ1) is 22.2. The van der Waals surface area contributed by atoms with Crippen LogP contribution in [-0.4, -0.2) is 67.1 Å². The molecule has 1 saturated heterocycles.